The van der Waals surface area contributed by atoms with E-state index in [0.29, 0.717) is 17.9 Å². The summed E-state index contributed by atoms with van der Waals surface area (Å²) in [6, 6.07) is 16.2. The average molecular weight is 363 g/mol. The van der Waals surface area contributed by atoms with E-state index in [1.54, 1.807) is 7.11 Å². The molecule has 0 bridgehead atoms. The van der Waals surface area contributed by atoms with Crippen LogP contribution in [-0.2, 0) is 12.8 Å². The Hall–Kier alpha value is -3.41. The van der Waals surface area contributed by atoms with E-state index < -0.39 is 5.91 Å². The predicted molar refractivity (Wildman–Crippen MR) is 104 cm³/mol. The summed E-state index contributed by atoms with van der Waals surface area (Å²) in [7, 11) is 1.60. The van der Waals surface area contributed by atoms with E-state index in [-0.39, 0.29) is 11.3 Å². The van der Waals surface area contributed by atoms with Crippen molar-refractivity contribution >= 4 is 11.6 Å². The normalized spacial score (nSPS) is 10.4. The summed E-state index contributed by atoms with van der Waals surface area (Å²) in [6.07, 6.45) is 1.34. The molecule has 0 aliphatic heterocycles. The molecule has 0 aliphatic rings. The first kappa shape index (κ1) is 18.4. The Morgan fingerprint density at radius 3 is 2.37 bits per heavy atom. The fourth-order valence-corrected chi connectivity index (χ4v) is 2.66. The minimum absolute atomic E-state index is 0.0850. The first-order valence-corrected chi connectivity index (χ1v) is 8.71. The third kappa shape index (κ3) is 4.82. The highest BCUT2D eigenvalue weighted by Gasteiger charge is 2.11. The van der Waals surface area contributed by atoms with Gasteiger partial charge in [0.15, 0.2) is 0 Å². The van der Waals surface area contributed by atoms with Gasteiger partial charge in [-0.1, -0.05) is 31.2 Å². The number of carbonyl (C=O) groups excluding carboxylic acids is 1. The van der Waals surface area contributed by atoms with E-state index >= 15 is 0 Å². The molecular formula is C21H21N3O3. The zero-order chi connectivity index (χ0) is 19.2. The Morgan fingerprint density at radius 1 is 1.07 bits per heavy atom. The molecule has 0 aliphatic carbocycles. The van der Waals surface area contributed by atoms with Crippen molar-refractivity contribution < 1.29 is 9.53 Å². The minimum atomic E-state index is -0.415. The molecule has 0 radical (unpaired) electrons. The van der Waals surface area contributed by atoms with Crippen LogP contribution in [0.2, 0.25) is 0 Å². The lowest BCUT2D eigenvalue weighted by molar-refractivity contribution is 0.102. The molecule has 6 nitrogen and oxygen atoms in total. The van der Waals surface area contributed by atoms with Crippen LogP contribution in [0.1, 0.15) is 34.4 Å². The molecule has 27 heavy (non-hydrogen) atoms. The Bertz CT molecular complexity index is 977. The molecule has 2 aromatic carbocycles. The van der Waals surface area contributed by atoms with Crippen LogP contribution in [0, 0.1) is 0 Å². The van der Waals surface area contributed by atoms with Gasteiger partial charge >= 0.3 is 0 Å². The van der Waals surface area contributed by atoms with E-state index in [1.807, 2.05) is 48.5 Å². The molecule has 0 unspecified atom stereocenters. The summed E-state index contributed by atoms with van der Waals surface area (Å²) in [5.41, 5.74) is 2.52. The molecule has 3 rings (SSSR count). The lowest BCUT2D eigenvalue weighted by atomic mass is 10.1. The Balaban J connectivity index is 1.76. The van der Waals surface area contributed by atoms with Crippen LogP contribution in [0.3, 0.4) is 0 Å². The highest BCUT2D eigenvalue weighted by Crippen LogP contribution is 2.14. The number of anilines is 1. The van der Waals surface area contributed by atoms with Crippen molar-refractivity contribution in [1.82, 2.24) is 9.97 Å². The predicted octanol–water partition coefficient (Wildman–Crippen LogP) is 3.18. The number of methoxy groups -OCH3 is 1. The molecule has 1 amide bonds. The topological polar surface area (TPSA) is 84.1 Å². The van der Waals surface area contributed by atoms with Crippen LogP contribution < -0.4 is 15.6 Å². The molecule has 0 atom stereocenters. The van der Waals surface area contributed by atoms with Gasteiger partial charge in [0, 0.05) is 18.2 Å². The first-order chi connectivity index (χ1) is 13.1. The third-order valence-electron chi connectivity index (χ3n) is 4.17. The van der Waals surface area contributed by atoms with Gasteiger partial charge in [-0.3, -0.25) is 9.59 Å². The molecule has 3 aromatic rings. The van der Waals surface area contributed by atoms with Crippen molar-refractivity contribution in [2.75, 3.05) is 12.4 Å². The Labute approximate surface area is 157 Å². The Kier molecular flexibility index (Phi) is 5.66. The number of nitrogens with one attached hydrogen (secondary N) is 2. The van der Waals surface area contributed by atoms with Crippen molar-refractivity contribution in [2.24, 2.45) is 0 Å². The summed E-state index contributed by atoms with van der Waals surface area (Å²) in [5, 5.41) is 2.77. The number of aryl methyl sites for hydroxylation is 1. The summed E-state index contributed by atoms with van der Waals surface area (Å²) in [6.45, 7) is 2.07. The zero-order valence-corrected chi connectivity index (χ0v) is 15.3. The van der Waals surface area contributed by atoms with Gasteiger partial charge in [-0.05, 0) is 41.8 Å². The first-order valence-electron chi connectivity index (χ1n) is 8.71. The largest absolute Gasteiger partial charge is 0.497 e. The highest BCUT2D eigenvalue weighted by atomic mass is 16.5. The molecular weight excluding hydrogens is 342 g/mol. The highest BCUT2D eigenvalue weighted by molar-refractivity contribution is 6.02. The maximum absolute atomic E-state index is 12.5. The summed E-state index contributed by atoms with van der Waals surface area (Å²) < 4.78 is 5.13. The number of nitrogens with zero attached hydrogens (tertiary/aromatic N) is 1. The van der Waals surface area contributed by atoms with E-state index in [1.165, 1.54) is 11.6 Å². The molecule has 0 spiro atoms. The molecule has 1 heterocycles. The van der Waals surface area contributed by atoms with E-state index in [0.717, 1.165) is 17.7 Å². The monoisotopic (exact) mass is 363 g/mol. The summed E-state index contributed by atoms with van der Waals surface area (Å²) >= 11 is 0. The van der Waals surface area contributed by atoms with Gasteiger partial charge in [-0.15, -0.1) is 0 Å². The van der Waals surface area contributed by atoms with Crippen molar-refractivity contribution in [3.8, 4) is 5.75 Å². The van der Waals surface area contributed by atoms with Crippen LogP contribution in [-0.4, -0.2) is 23.0 Å². The minimum Gasteiger partial charge on any atom is -0.497 e. The van der Waals surface area contributed by atoms with Gasteiger partial charge < -0.3 is 15.0 Å². The fraction of sp³-hybridized carbons (Fsp3) is 0.190. The van der Waals surface area contributed by atoms with Crippen molar-refractivity contribution in [3.05, 3.63) is 87.6 Å². The number of aromatic amines is 1. The second-order valence-electron chi connectivity index (χ2n) is 6.11. The standard InChI is InChI=1S/C21H21N3O3/c1-3-14-4-8-16(9-5-14)22-21(26)18-13-20(25)24-19(23-18)12-15-6-10-17(27-2)11-7-15/h4-11,13H,3,12H2,1-2H3,(H,22,26)(H,23,24,25). The van der Waals surface area contributed by atoms with E-state index in [4.69, 9.17) is 4.74 Å². The lowest BCUT2D eigenvalue weighted by Crippen LogP contribution is -2.20. The second kappa shape index (κ2) is 8.31. The molecule has 0 saturated heterocycles. The molecule has 1 aromatic heterocycles. The molecule has 2 N–H and O–H groups in total. The van der Waals surface area contributed by atoms with Crippen LogP contribution in [0.25, 0.3) is 0 Å². The van der Waals surface area contributed by atoms with Crippen molar-refractivity contribution in [1.29, 1.82) is 0 Å². The van der Waals surface area contributed by atoms with Crippen LogP contribution in [0.4, 0.5) is 5.69 Å². The van der Waals surface area contributed by atoms with E-state index in [2.05, 4.69) is 22.2 Å². The average Bonchev–Trinajstić information content (AvgIpc) is 2.68. The number of aromatic nitrogens is 2. The number of hydrogen-bond donors (Lipinski definition) is 2. The van der Waals surface area contributed by atoms with Gasteiger partial charge in [0.2, 0.25) is 0 Å². The maximum Gasteiger partial charge on any atom is 0.274 e. The number of benzene rings is 2. The van der Waals surface area contributed by atoms with Crippen LogP contribution in [0.5, 0.6) is 5.75 Å². The fourth-order valence-electron chi connectivity index (χ4n) is 2.66. The molecule has 0 saturated carbocycles. The number of carbonyl (C=O) groups is 1. The molecule has 138 valence electrons. The zero-order valence-electron chi connectivity index (χ0n) is 15.3. The third-order valence-corrected chi connectivity index (χ3v) is 4.17. The number of amides is 1. The number of rotatable bonds is 6. The van der Waals surface area contributed by atoms with Crippen LogP contribution >= 0.6 is 0 Å². The van der Waals surface area contributed by atoms with Gasteiger partial charge in [0.05, 0.1) is 7.11 Å². The van der Waals surface area contributed by atoms with Crippen LogP contribution in [0.15, 0.2) is 59.4 Å². The molecule has 0 fully saturated rings. The van der Waals surface area contributed by atoms with Gasteiger partial charge in [-0.25, -0.2) is 4.98 Å². The maximum atomic E-state index is 12.5. The quantitative estimate of drug-likeness (QED) is 0.704. The second-order valence-corrected chi connectivity index (χ2v) is 6.11. The van der Waals surface area contributed by atoms with Gasteiger partial charge in [0.25, 0.3) is 11.5 Å². The smallest absolute Gasteiger partial charge is 0.274 e. The van der Waals surface area contributed by atoms with Crippen molar-refractivity contribution in [2.45, 2.75) is 19.8 Å². The lowest BCUT2D eigenvalue weighted by Gasteiger charge is -2.07. The summed E-state index contributed by atoms with van der Waals surface area (Å²) in [4.78, 5) is 31.4. The van der Waals surface area contributed by atoms with Gasteiger partial charge in [0.1, 0.15) is 17.3 Å². The van der Waals surface area contributed by atoms with Gasteiger partial charge in [-0.2, -0.15) is 0 Å². The SMILES string of the molecule is CCc1ccc(NC(=O)c2cc(=O)[nH]c(Cc3ccc(OC)cc3)n2)cc1. The van der Waals surface area contributed by atoms with Crippen molar-refractivity contribution in [3.63, 3.8) is 0 Å². The number of hydrogen-bond acceptors (Lipinski definition) is 4. The van der Waals surface area contributed by atoms with E-state index in [9.17, 15) is 9.59 Å². The summed E-state index contributed by atoms with van der Waals surface area (Å²) in [5.74, 6) is 0.767. The number of ether oxygens (including phenoxy) is 1. The number of H-pyrrole nitrogens is 1. The molecule has 6 heteroatoms. The Morgan fingerprint density at radius 2 is 1.74 bits per heavy atom.